The van der Waals surface area contributed by atoms with Crippen LogP contribution in [0.4, 0.5) is 0 Å². The van der Waals surface area contributed by atoms with Gasteiger partial charge in [0.2, 0.25) is 23.6 Å². The Morgan fingerprint density at radius 1 is 1.04 bits per heavy atom. The van der Waals surface area contributed by atoms with Crippen LogP contribution in [0.3, 0.4) is 0 Å². The van der Waals surface area contributed by atoms with Gasteiger partial charge in [-0.25, -0.2) is 0 Å². The summed E-state index contributed by atoms with van der Waals surface area (Å²) in [4.78, 5) is 61.5. The lowest BCUT2D eigenvalue weighted by Crippen LogP contribution is -2.62. The van der Waals surface area contributed by atoms with Gasteiger partial charge in [-0.05, 0) is 47.5 Å². The van der Waals surface area contributed by atoms with Crippen LogP contribution in [0.5, 0.6) is 0 Å². The predicted molar refractivity (Wildman–Crippen MR) is 100 cm³/mol. The Bertz CT molecular complexity index is 673. The number of hydrogen-bond donors (Lipinski definition) is 4. The van der Waals surface area contributed by atoms with Gasteiger partial charge in [-0.3, -0.25) is 24.0 Å². The van der Waals surface area contributed by atoms with Crippen molar-refractivity contribution in [2.45, 2.75) is 77.5 Å². The number of nitrogens with zero attached hydrogens (tertiary/aromatic N) is 1. The van der Waals surface area contributed by atoms with E-state index in [0.717, 1.165) is 0 Å². The summed E-state index contributed by atoms with van der Waals surface area (Å²) in [6, 6.07) is -1.88. The summed E-state index contributed by atoms with van der Waals surface area (Å²) in [5, 5.41) is 16.4. The number of aliphatic carboxylic acids is 1. The van der Waals surface area contributed by atoms with E-state index in [4.69, 9.17) is 5.11 Å². The van der Waals surface area contributed by atoms with E-state index in [2.05, 4.69) is 16.0 Å². The standard InChI is InChI=1S/C18H30N4O6/c1-10(14(25)26)19-15(27)17(3,4)21-13(24)12-8-7-9-22(12)16(28)18(5,6)20-11(2)23/h10,12H,7-9H2,1-6H3,(H,19,27)(H,20,23)(H,21,24)(H,25,26)/t10-,12-/m0/s1. The minimum absolute atomic E-state index is 0.357. The van der Waals surface area contributed by atoms with Gasteiger partial charge in [0.1, 0.15) is 23.2 Å². The largest absolute Gasteiger partial charge is 0.480 e. The van der Waals surface area contributed by atoms with E-state index in [1.54, 1.807) is 13.8 Å². The summed E-state index contributed by atoms with van der Waals surface area (Å²) in [5.41, 5.74) is -2.54. The van der Waals surface area contributed by atoms with Crippen LogP contribution in [0.15, 0.2) is 0 Å². The maximum absolute atomic E-state index is 12.8. The van der Waals surface area contributed by atoms with Crippen molar-refractivity contribution in [3.05, 3.63) is 0 Å². The number of carboxylic acids is 1. The molecule has 0 aromatic heterocycles. The second-order valence-corrected chi connectivity index (χ2v) is 8.11. The van der Waals surface area contributed by atoms with Crippen LogP contribution in [-0.2, 0) is 24.0 Å². The molecule has 2 atom stereocenters. The van der Waals surface area contributed by atoms with E-state index in [1.165, 1.54) is 32.6 Å². The molecule has 4 amide bonds. The molecule has 1 heterocycles. The van der Waals surface area contributed by atoms with Gasteiger partial charge in [-0.15, -0.1) is 0 Å². The maximum Gasteiger partial charge on any atom is 0.325 e. The van der Waals surface area contributed by atoms with Crippen LogP contribution in [-0.4, -0.2) is 69.3 Å². The molecule has 28 heavy (non-hydrogen) atoms. The van der Waals surface area contributed by atoms with Crippen LogP contribution < -0.4 is 16.0 Å². The number of carbonyl (C=O) groups is 5. The van der Waals surface area contributed by atoms with E-state index < -0.39 is 40.9 Å². The SMILES string of the molecule is CC(=O)NC(C)(C)C(=O)N1CCC[C@H]1C(=O)NC(C)(C)C(=O)N[C@@H](C)C(=O)O. The lowest BCUT2D eigenvalue weighted by atomic mass is 10.0. The molecule has 10 heteroatoms. The topological polar surface area (TPSA) is 145 Å². The van der Waals surface area contributed by atoms with Crippen molar-refractivity contribution >= 4 is 29.6 Å². The van der Waals surface area contributed by atoms with Crippen LogP contribution in [0.2, 0.25) is 0 Å². The van der Waals surface area contributed by atoms with E-state index in [-0.39, 0.29) is 11.8 Å². The van der Waals surface area contributed by atoms with Crippen molar-refractivity contribution in [2.75, 3.05) is 6.54 Å². The molecule has 0 bridgehead atoms. The molecule has 0 spiro atoms. The highest BCUT2D eigenvalue weighted by Gasteiger charge is 2.43. The molecule has 4 N–H and O–H groups in total. The lowest BCUT2D eigenvalue weighted by Gasteiger charge is -2.34. The molecule has 158 valence electrons. The van der Waals surface area contributed by atoms with Gasteiger partial charge in [-0.2, -0.15) is 0 Å². The number of likely N-dealkylation sites (tertiary alicyclic amines) is 1. The first-order valence-electron chi connectivity index (χ1n) is 9.14. The molecule has 0 unspecified atom stereocenters. The molecular weight excluding hydrogens is 368 g/mol. The van der Waals surface area contributed by atoms with Gasteiger partial charge >= 0.3 is 5.97 Å². The summed E-state index contributed by atoms with van der Waals surface area (Å²) in [6.07, 6.45) is 1.04. The fourth-order valence-corrected chi connectivity index (χ4v) is 3.02. The van der Waals surface area contributed by atoms with Crippen molar-refractivity contribution in [1.82, 2.24) is 20.9 Å². The highest BCUT2D eigenvalue weighted by molar-refractivity contribution is 5.97. The van der Waals surface area contributed by atoms with Gasteiger partial charge < -0.3 is 26.0 Å². The van der Waals surface area contributed by atoms with Gasteiger partial charge in [0.25, 0.3) is 0 Å². The number of hydrogen-bond acceptors (Lipinski definition) is 5. The van der Waals surface area contributed by atoms with Crippen molar-refractivity contribution in [2.24, 2.45) is 0 Å². The van der Waals surface area contributed by atoms with Gasteiger partial charge in [0.15, 0.2) is 0 Å². The quantitative estimate of drug-likeness (QED) is 0.450. The molecule has 1 aliphatic rings. The predicted octanol–water partition coefficient (Wildman–Crippen LogP) is -0.624. The molecule has 1 saturated heterocycles. The summed E-state index contributed by atoms with van der Waals surface area (Å²) in [7, 11) is 0. The average molecular weight is 398 g/mol. The zero-order valence-electron chi connectivity index (χ0n) is 17.2. The minimum Gasteiger partial charge on any atom is -0.480 e. The van der Waals surface area contributed by atoms with Gasteiger partial charge in [0.05, 0.1) is 0 Å². The Kier molecular flexibility index (Phi) is 7.16. The number of carboxylic acid groups (broad SMARTS) is 1. The lowest BCUT2D eigenvalue weighted by molar-refractivity contribution is -0.146. The van der Waals surface area contributed by atoms with E-state index in [9.17, 15) is 24.0 Å². The van der Waals surface area contributed by atoms with Crippen LogP contribution in [0.25, 0.3) is 0 Å². The first-order valence-corrected chi connectivity index (χ1v) is 9.14. The fourth-order valence-electron chi connectivity index (χ4n) is 3.02. The highest BCUT2D eigenvalue weighted by atomic mass is 16.4. The minimum atomic E-state index is -1.37. The molecule has 0 aromatic rings. The maximum atomic E-state index is 12.8. The molecule has 1 fully saturated rings. The van der Waals surface area contributed by atoms with Crippen LogP contribution >= 0.6 is 0 Å². The Morgan fingerprint density at radius 2 is 1.61 bits per heavy atom. The molecule has 10 nitrogen and oxygen atoms in total. The zero-order chi connectivity index (χ0) is 21.9. The Morgan fingerprint density at radius 3 is 2.11 bits per heavy atom. The number of amides is 4. The molecule has 1 rings (SSSR count). The van der Waals surface area contributed by atoms with E-state index >= 15 is 0 Å². The van der Waals surface area contributed by atoms with Gasteiger partial charge in [-0.1, -0.05) is 0 Å². The monoisotopic (exact) mass is 398 g/mol. The van der Waals surface area contributed by atoms with Crippen molar-refractivity contribution in [1.29, 1.82) is 0 Å². The molecular formula is C18H30N4O6. The van der Waals surface area contributed by atoms with Gasteiger partial charge in [0, 0.05) is 13.5 Å². The summed E-state index contributed by atoms with van der Waals surface area (Å²) in [6.45, 7) is 9.03. The first kappa shape index (κ1) is 23.4. The zero-order valence-corrected chi connectivity index (χ0v) is 17.2. The fraction of sp³-hybridized carbons (Fsp3) is 0.722. The normalized spacial score (nSPS) is 18.2. The summed E-state index contributed by atoms with van der Waals surface area (Å²) >= 11 is 0. The number of carbonyl (C=O) groups excluding carboxylic acids is 4. The smallest absolute Gasteiger partial charge is 0.325 e. The molecule has 0 saturated carbocycles. The second kappa shape index (κ2) is 8.57. The molecule has 1 aliphatic heterocycles. The van der Waals surface area contributed by atoms with Crippen molar-refractivity contribution in [3.8, 4) is 0 Å². The third-order valence-electron chi connectivity index (χ3n) is 4.56. The third-order valence-corrected chi connectivity index (χ3v) is 4.56. The van der Waals surface area contributed by atoms with Crippen molar-refractivity contribution < 1.29 is 29.1 Å². The molecule has 0 radical (unpaired) electrons. The van der Waals surface area contributed by atoms with E-state index in [1.807, 2.05) is 0 Å². The summed E-state index contributed by atoms with van der Waals surface area (Å²) in [5.74, 6) is -3.09. The summed E-state index contributed by atoms with van der Waals surface area (Å²) < 4.78 is 0. The Labute approximate surface area is 164 Å². The number of rotatable bonds is 7. The second-order valence-electron chi connectivity index (χ2n) is 8.11. The Hall–Kier alpha value is -2.65. The number of nitrogens with one attached hydrogen (secondary N) is 3. The van der Waals surface area contributed by atoms with Crippen molar-refractivity contribution in [3.63, 3.8) is 0 Å². The molecule has 0 aromatic carbocycles. The Balaban J connectivity index is 2.87. The molecule has 0 aliphatic carbocycles. The van der Waals surface area contributed by atoms with Crippen LogP contribution in [0.1, 0.15) is 54.4 Å². The van der Waals surface area contributed by atoms with Crippen LogP contribution in [0, 0.1) is 0 Å². The third kappa shape index (κ3) is 5.67. The first-order chi connectivity index (χ1) is 12.7. The van der Waals surface area contributed by atoms with E-state index in [0.29, 0.717) is 19.4 Å². The average Bonchev–Trinajstić information content (AvgIpc) is 3.01. The highest BCUT2D eigenvalue weighted by Crippen LogP contribution is 2.22.